The highest BCUT2D eigenvalue weighted by molar-refractivity contribution is 5.57. The van der Waals surface area contributed by atoms with Crippen molar-refractivity contribution in [3.05, 3.63) is 71.8 Å². The molecule has 2 aromatic rings. The van der Waals surface area contributed by atoms with Crippen LogP contribution in [-0.4, -0.2) is 17.2 Å². The summed E-state index contributed by atoms with van der Waals surface area (Å²) in [5.41, 5.74) is 2.49. The van der Waals surface area contributed by atoms with Crippen molar-refractivity contribution in [2.45, 2.75) is 39.4 Å². The molecule has 0 saturated heterocycles. The minimum absolute atomic E-state index is 0.0413. The maximum atomic E-state index is 11.6. The first kappa shape index (κ1) is 16.4. The lowest BCUT2D eigenvalue weighted by Gasteiger charge is -2.29. The highest BCUT2D eigenvalue weighted by atomic mass is 16.1. The minimum atomic E-state index is -0.0413. The molecule has 2 rings (SSSR count). The Morgan fingerprint density at radius 1 is 0.864 bits per heavy atom. The van der Waals surface area contributed by atoms with E-state index in [9.17, 15) is 4.79 Å². The molecule has 0 bridgehead atoms. The molecule has 0 fully saturated rings. The van der Waals surface area contributed by atoms with Crippen LogP contribution in [0.15, 0.2) is 60.7 Å². The van der Waals surface area contributed by atoms with Gasteiger partial charge in [0.2, 0.25) is 0 Å². The third kappa shape index (κ3) is 5.12. The summed E-state index contributed by atoms with van der Waals surface area (Å²) in [6.07, 6.45) is 2.00. The predicted octanol–water partition coefficient (Wildman–Crippen LogP) is 4.30. The molecule has 0 aromatic heterocycles. The van der Waals surface area contributed by atoms with E-state index in [0.717, 1.165) is 25.8 Å². The van der Waals surface area contributed by atoms with Gasteiger partial charge in [0, 0.05) is 13.1 Å². The zero-order chi connectivity index (χ0) is 15.8. The van der Waals surface area contributed by atoms with Crippen molar-refractivity contribution in [1.29, 1.82) is 0 Å². The topological polar surface area (TPSA) is 20.3 Å². The van der Waals surface area contributed by atoms with E-state index < -0.39 is 0 Å². The molecule has 0 N–H and O–H groups in total. The molecule has 0 saturated carbocycles. The summed E-state index contributed by atoms with van der Waals surface area (Å²) in [7, 11) is 0. The number of rotatable bonds is 8. The second-order valence-corrected chi connectivity index (χ2v) is 6.21. The normalized spacial score (nSPS) is 12.5. The maximum Gasteiger partial charge on any atom is 0.137 e. The molecular formula is C20H25NO. The SMILES string of the molecule is CC(C)CC(C=O)N(Cc1ccccc1)Cc1ccccc1. The van der Waals surface area contributed by atoms with E-state index in [0.29, 0.717) is 5.92 Å². The largest absolute Gasteiger partial charge is 0.302 e. The van der Waals surface area contributed by atoms with Crippen molar-refractivity contribution < 1.29 is 4.79 Å². The molecule has 2 aromatic carbocycles. The van der Waals surface area contributed by atoms with E-state index >= 15 is 0 Å². The molecule has 0 heterocycles. The average molecular weight is 295 g/mol. The Labute approximate surface area is 133 Å². The summed E-state index contributed by atoms with van der Waals surface area (Å²) in [5.74, 6) is 0.504. The van der Waals surface area contributed by atoms with Crippen LogP contribution in [0.2, 0.25) is 0 Å². The Kier molecular flexibility index (Phi) is 6.35. The lowest BCUT2D eigenvalue weighted by Crippen LogP contribution is -2.36. The van der Waals surface area contributed by atoms with E-state index in [4.69, 9.17) is 0 Å². The second kappa shape index (κ2) is 8.50. The Morgan fingerprint density at radius 3 is 1.68 bits per heavy atom. The Bertz CT molecular complexity index is 509. The standard InChI is InChI=1S/C20H25NO/c1-17(2)13-20(16-22)21(14-18-9-5-3-6-10-18)15-19-11-7-4-8-12-19/h3-12,16-17,20H,13-15H2,1-2H3. The van der Waals surface area contributed by atoms with Gasteiger partial charge in [0.15, 0.2) is 0 Å². The van der Waals surface area contributed by atoms with Crippen LogP contribution in [0.4, 0.5) is 0 Å². The number of benzene rings is 2. The molecule has 0 radical (unpaired) electrons. The molecular weight excluding hydrogens is 270 g/mol. The quantitative estimate of drug-likeness (QED) is 0.677. The lowest BCUT2D eigenvalue weighted by molar-refractivity contribution is -0.113. The molecule has 0 spiro atoms. The fourth-order valence-electron chi connectivity index (χ4n) is 2.70. The van der Waals surface area contributed by atoms with Crippen molar-refractivity contribution in [3.63, 3.8) is 0 Å². The van der Waals surface area contributed by atoms with E-state index in [1.807, 2.05) is 36.4 Å². The van der Waals surface area contributed by atoms with E-state index in [2.05, 4.69) is 43.0 Å². The highest BCUT2D eigenvalue weighted by Gasteiger charge is 2.19. The van der Waals surface area contributed by atoms with Gasteiger partial charge in [0.1, 0.15) is 6.29 Å². The molecule has 0 aliphatic carbocycles. The Morgan fingerprint density at radius 2 is 1.32 bits per heavy atom. The fraction of sp³-hybridized carbons (Fsp3) is 0.350. The van der Waals surface area contributed by atoms with Gasteiger partial charge in [-0.15, -0.1) is 0 Å². The lowest BCUT2D eigenvalue weighted by atomic mass is 10.0. The molecule has 0 aliphatic heterocycles. The number of aldehydes is 1. The predicted molar refractivity (Wildman–Crippen MR) is 91.4 cm³/mol. The fourth-order valence-corrected chi connectivity index (χ4v) is 2.70. The third-order valence-electron chi connectivity index (χ3n) is 3.80. The average Bonchev–Trinajstić information content (AvgIpc) is 2.54. The maximum absolute atomic E-state index is 11.6. The number of hydrogen-bond acceptors (Lipinski definition) is 2. The van der Waals surface area contributed by atoms with Crippen molar-refractivity contribution in [3.8, 4) is 0 Å². The van der Waals surface area contributed by atoms with Crippen molar-refractivity contribution in [2.75, 3.05) is 0 Å². The van der Waals surface area contributed by atoms with Crippen LogP contribution in [0.3, 0.4) is 0 Å². The Balaban J connectivity index is 2.17. The van der Waals surface area contributed by atoms with Crippen LogP contribution in [0.1, 0.15) is 31.4 Å². The molecule has 2 nitrogen and oxygen atoms in total. The monoisotopic (exact) mass is 295 g/mol. The minimum Gasteiger partial charge on any atom is -0.302 e. The summed E-state index contributed by atoms with van der Waals surface area (Å²) in [6, 6.07) is 20.7. The molecule has 22 heavy (non-hydrogen) atoms. The van der Waals surface area contributed by atoms with Gasteiger partial charge in [0.25, 0.3) is 0 Å². The summed E-state index contributed by atoms with van der Waals surface area (Å²) < 4.78 is 0. The van der Waals surface area contributed by atoms with Crippen molar-refractivity contribution in [1.82, 2.24) is 4.90 Å². The Hall–Kier alpha value is -1.93. The number of hydrogen-bond donors (Lipinski definition) is 0. The summed E-state index contributed by atoms with van der Waals surface area (Å²) in [4.78, 5) is 13.9. The number of carbonyl (C=O) groups excluding carboxylic acids is 1. The van der Waals surface area contributed by atoms with Crippen LogP contribution in [0.5, 0.6) is 0 Å². The summed E-state index contributed by atoms with van der Waals surface area (Å²) >= 11 is 0. The van der Waals surface area contributed by atoms with E-state index in [1.165, 1.54) is 11.1 Å². The molecule has 0 aliphatic rings. The van der Waals surface area contributed by atoms with Crippen molar-refractivity contribution in [2.24, 2.45) is 5.92 Å². The van der Waals surface area contributed by atoms with Gasteiger partial charge in [-0.05, 0) is 23.5 Å². The molecule has 2 heteroatoms. The highest BCUT2D eigenvalue weighted by Crippen LogP contribution is 2.17. The van der Waals surface area contributed by atoms with Gasteiger partial charge in [-0.1, -0.05) is 74.5 Å². The van der Waals surface area contributed by atoms with Crippen LogP contribution in [0.25, 0.3) is 0 Å². The molecule has 1 atom stereocenters. The molecule has 0 amide bonds. The van der Waals surface area contributed by atoms with Gasteiger partial charge in [-0.25, -0.2) is 0 Å². The van der Waals surface area contributed by atoms with Gasteiger partial charge >= 0.3 is 0 Å². The smallest absolute Gasteiger partial charge is 0.137 e. The zero-order valence-corrected chi connectivity index (χ0v) is 13.5. The van der Waals surface area contributed by atoms with Crippen molar-refractivity contribution >= 4 is 6.29 Å². The van der Waals surface area contributed by atoms with Gasteiger partial charge in [-0.2, -0.15) is 0 Å². The van der Waals surface area contributed by atoms with Crippen LogP contribution in [-0.2, 0) is 17.9 Å². The van der Waals surface area contributed by atoms with Crippen LogP contribution < -0.4 is 0 Å². The first-order chi connectivity index (χ1) is 10.7. The van der Waals surface area contributed by atoms with E-state index in [-0.39, 0.29) is 6.04 Å². The second-order valence-electron chi connectivity index (χ2n) is 6.21. The summed E-state index contributed by atoms with van der Waals surface area (Å²) in [6.45, 7) is 5.93. The zero-order valence-electron chi connectivity index (χ0n) is 13.5. The van der Waals surface area contributed by atoms with Crippen LogP contribution >= 0.6 is 0 Å². The first-order valence-electron chi connectivity index (χ1n) is 7.96. The molecule has 116 valence electrons. The van der Waals surface area contributed by atoms with Gasteiger partial charge < -0.3 is 4.79 Å². The van der Waals surface area contributed by atoms with Gasteiger partial charge in [0.05, 0.1) is 6.04 Å². The molecule has 1 unspecified atom stereocenters. The number of carbonyl (C=O) groups is 1. The van der Waals surface area contributed by atoms with Crippen LogP contribution in [0, 0.1) is 5.92 Å². The first-order valence-corrected chi connectivity index (χ1v) is 7.96. The third-order valence-corrected chi connectivity index (χ3v) is 3.80. The number of nitrogens with zero attached hydrogens (tertiary/aromatic N) is 1. The summed E-state index contributed by atoms with van der Waals surface area (Å²) in [5, 5.41) is 0. The van der Waals surface area contributed by atoms with E-state index in [1.54, 1.807) is 0 Å². The van der Waals surface area contributed by atoms with Gasteiger partial charge in [-0.3, -0.25) is 4.90 Å².